The fourth-order valence-corrected chi connectivity index (χ4v) is 4.34. The number of fused-ring (bicyclic) bond motifs is 3. The van der Waals surface area contributed by atoms with E-state index in [0.717, 1.165) is 11.0 Å². The number of para-hydroxylation sites is 4. The number of carboxylic acid groups (broad SMARTS) is 1. The van der Waals surface area contributed by atoms with Gasteiger partial charge in [0.1, 0.15) is 0 Å². The van der Waals surface area contributed by atoms with Gasteiger partial charge < -0.3 is 53.2 Å². The zero-order valence-corrected chi connectivity index (χ0v) is 42.7. The summed E-state index contributed by atoms with van der Waals surface area (Å²) in [5.41, 5.74) is 7.41. The van der Waals surface area contributed by atoms with Gasteiger partial charge in [0, 0.05) is 168 Å². The van der Waals surface area contributed by atoms with E-state index < -0.39 is 5.97 Å². The number of aromatic amines is 2. The molecule has 5 N–H and O–H groups in total. The van der Waals surface area contributed by atoms with Gasteiger partial charge in [-0.25, -0.2) is 4.79 Å². The van der Waals surface area contributed by atoms with Crippen LogP contribution in [0, 0.1) is 12.2 Å². The number of nitrogen functional groups attached to an aromatic ring is 1. The third kappa shape index (κ3) is 18.6. The summed E-state index contributed by atoms with van der Waals surface area (Å²) >= 11 is 10.3. The van der Waals surface area contributed by atoms with Gasteiger partial charge in [-0.2, -0.15) is 0 Å². The predicted octanol–water partition coefficient (Wildman–Crippen LogP) is 5.51. The maximum atomic E-state index is 11.4. The molecule has 0 aliphatic carbocycles. The van der Waals surface area contributed by atoms with E-state index in [1.165, 1.54) is 6.07 Å². The fraction of sp³-hybridized carbons (Fsp3) is 0.111. The summed E-state index contributed by atoms with van der Waals surface area (Å²) in [5, 5.41) is 10.2. The number of benzene rings is 4. The number of aromatic nitrogens is 6. The van der Waals surface area contributed by atoms with E-state index in [1.807, 2.05) is 38.1 Å². The normalized spacial score (nSPS) is 9.20. The maximum absolute atomic E-state index is 11.4. The number of carboxylic acids is 1. The predicted molar refractivity (Wildman–Crippen MR) is 207 cm³/mol. The first-order valence-corrected chi connectivity index (χ1v) is 15.3. The largest absolute Gasteiger partial charge is 0.478 e. The number of rotatable bonds is 1. The first kappa shape index (κ1) is 60.0. The summed E-state index contributed by atoms with van der Waals surface area (Å²) in [6, 6.07) is 27.7. The minimum Gasteiger partial charge on any atom is -0.478 e. The summed E-state index contributed by atoms with van der Waals surface area (Å²) in [4.78, 5) is 68.4. The monoisotopic (exact) mass is 1080 g/mol. The van der Waals surface area contributed by atoms with E-state index in [-0.39, 0.29) is 178 Å². The number of nitrogens with zero attached hydrogens (tertiary/aromatic N) is 5. The van der Waals surface area contributed by atoms with Crippen LogP contribution in [-0.4, -0.2) is 33.1 Å². The van der Waals surface area contributed by atoms with Crippen molar-refractivity contribution in [2.75, 3.05) is 12.8 Å². The van der Waals surface area contributed by atoms with Crippen molar-refractivity contribution in [3.63, 3.8) is 0 Å². The maximum Gasteiger partial charge on any atom is 0.337 e. The minimum absolute atomic E-state index is 0. The average Bonchev–Trinajstić information content (AvgIpc) is 3.10. The van der Waals surface area contributed by atoms with Crippen molar-refractivity contribution in [1.29, 1.82) is 0 Å². The molecule has 0 saturated carbocycles. The molecule has 0 unspecified atom stereocenters. The summed E-state index contributed by atoms with van der Waals surface area (Å²) in [6.45, 7) is 4.00. The Morgan fingerprint density at radius 1 is 0.727 bits per heavy atom. The van der Waals surface area contributed by atoms with Crippen molar-refractivity contribution in [1.82, 2.24) is 29.9 Å². The quantitative estimate of drug-likeness (QED) is 0.0697. The number of anilines is 1. The number of hydrogen-bond donors (Lipinski definition) is 4. The second-order valence-corrected chi connectivity index (χ2v) is 9.96. The Morgan fingerprint density at radius 3 is 1.67 bits per heavy atom. The number of aromatic carboxylic acids is 1. The van der Waals surface area contributed by atoms with Gasteiger partial charge in [0.05, 0.1) is 5.56 Å². The number of H-pyrrole nitrogens is 2. The van der Waals surface area contributed by atoms with Crippen LogP contribution in [0.15, 0.2) is 116 Å². The number of nitrogens with two attached hydrogens (primary N) is 1. The SMILES string of the molecule is C.CC.CN=c1[n-]c(=O)c2ccccc2[nH]1.Nc1ccccc1C(=O)O.O=c1[n-]c(=S)[nH]c2ccccc12.O=c1[n-]c(Cl)nc2ccccc12.[CH3-].[Y].[Y].[Y].[Y]. The van der Waals surface area contributed by atoms with E-state index >= 15 is 0 Å². The molecule has 0 bridgehead atoms. The molecule has 0 saturated heterocycles. The van der Waals surface area contributed by atoms with E-state index in [4.69, 9.17) is 34.7 Å². The van der Waals surface area contributed by atoms with Gasteiger partial charge in [-0.1, -0.05) is 130 Å². The van der Waals surface area contributed by atoms with Crippen LogP contribution in [0.25, 0.3) is 32.7 Å². The molecule has 4 aromatic carbocycles. The Labute approximate surface area is 428 Å². The molecule has 0 atom stereocenters. The molecule has 280 valence electrons. The molecule has 4 radical (unpaired) electrons. The topological polar surface area (TPSA) is 214 Å². The Bertz CT molecular complexity index is 2530. The van der Waals surface area contributed by atoms with Crippen molar-refractivity contribution < 1.29 is 141 Å². The fourth-order valence-electron chi connectivity index (χ4n) is 3.98. The molecule has 0 spiro atoms. The zero-order valence-electron chi connectivity index (χ0n) is 29.7. The van der Waals surface area contributed by atoms with Gasteiger partial charge in [0.2, 0.25) is 5.56 Å². The molecule has 0 aliphatic rings. The molecule has 3 aromatic heterocycles. The van der Waals surface area contributed by atoms with Gasteiger partial charge in [-0.3, -0.25) is 14.4 Å². The molecule has 0 fully saturated rings. The van der Waals surface area contributed by atoms with Crippen molar-refractivity contribution in [2.24, 2.45) is 4.99 Å². The second-order valence-electron chi connectivity index (χ2n) is 9.23. The van der Waals surface area contributed by atoms with Crippen LogP contribution >= 0.6 is 23.8 Å². The molecule has 7 rings (SSSR count). The van der Waals surface area contributed by atoms with Crippen LogP contribution in [0.1, 0.15) is 31.6 Å². The molecule has 19 heteroatoms. The van der Waals surface area contributed by atoms with E-state index in [0.29, 0.717) is 33.0 Å². The second kappa shape index (κ2) is 31.3. The van der Waals surface area contributed by atoms with Crippen molar-refractivity contribution in [3.05, 3.63) is 157 Å². The Morgan fingerprint density at radius 2 is 1.16 bits per heavy atom. The van der Waals surface area contributed by atoms with Gasteiger partial charge in [0.15, 0.2) is 11.1 Å². The van der Waals surface area contributed by atoms with Crippen LogP contribution in [0.4, 0.5) is 5.69 Å². The van der Waals surface area contributed by atoms with Crippen LogP contribution in [0.2, 0.25) is 5.28 Å². The smallest absolute Gasteiger partial charge is 0.337 e. The van der Waals surface area contributed by atoms with Crippen molar-refractivity contribution in [2.45, 2.75) is 21.3 Å². The summed E-state index contributed by atoms with van der Waals surface area (Å²) in [5.74, 6) is -0.988. The molecular weight excluding hydrogens is 1050 g/mol. The molecule has 55 heavy (non-hydrogen) atoms. The first-order chi connectivity index (χ1) is 23.6. The Balaban J connectivity index is -0.000000301. The van der Waals surface area contributed by atoms with Gasteiger partial charge in [0.25, 0.3) is 0 Å². The zero-order chi connectivity index (χ0) is 35.9. The molecule has 3 heterocycles. The standard InChI is InChI=1S/C9H9N3O.C8H5ClN2O.C8H6N2OS.C7H7NO2.C2H6.CH4.CH3.4Y/c1-10-9-11-7-5-3-2-4-6(7)8(13)12-9;9-8-10-6-4-2-1-3-5(6)7(12)11-8;11-7-5-3-1-2-4-6(5)9-8(12)10-7;8-6-4-2-1-3-5(6)7(9)10;1-2;;;;;;/h2-5H,1H3,(H2,10,11,12,13);1-4H,(H,10,11,12);1-4H,(H2,9,10,11,12);1-4H,8H2,(H,9,10);1-2H3;1H4;1H3;;;;/q;;;;;;-1;;;;/p-3. The number of halogens is 1. The van der Waals surface area contributed by atoms with Gasteiger partial charge >= 0.3 is 5.97 Å². The van der Waals surface area contributed by atoms with Crippen LogP contribution in [0.3, 0.4) is 0 Å². The average molecular weight is 1080 g/mol. The van der Waals surface area contributed by atoms with E-state index in [2.05, 4.69) is 34.9 Å². The molecule has 7 aromatic rings. The summed E-state index contributed by atoms with van der Waals surface area (Å²) < 4.78 is 0.235. The van der Waals surface area contributed by atoms with Crippen LogP contribution < -0.4 is 43.0 Å². The molecular formula is C36H37ClN8O5SY4-4. The molecule has 0 amide bonds. The van der Waals surface area contributed by atoms with E-state index in [1.54, 1.807) is 73.8 Å². The Hall–Kier alpha value is -1.70. The third-order valence-corrected chi connectivity index (χ3v) is 6.52. The van der Waals surface area contributed by atoms with Gasteiger partial charge in [-0.15, -0.1) is 0 Å². The molecule has 0 aliphatic heterocycles. The summed E-state index contributed by atoms with van der Waals surface area (Å²) in [6.07, 6.45) is 0. The van der Waals surface area contributed by atoms with Gasteiger partial charge in [-0.05, 0) is 35.7 Å². The van der Waals surface area contributed by atoms with Crippen molar-refractivity contribution in [3.8, 4) is 0 Å². The van der Waals surface area contributed by atoms with Crippen molar-refractivity contribution >= 4 is 68.2 Å². The molecule has 13 nitrogen and oxygen atoms in total. The Kier molecular flexibility index (Phi) is 34.1. The van der Waals surface area contributed by atoms with Crippen LogP contribution in [0.5, 0.6) is 0 Å². The number of hydrogen-bond acceptors (Lipinski definition) is 8. The summed E-state index contributed by atoms with van der Waals surface area (Å²) in [7, 11) is 1.59. The minimum atomic E-state index is -0.988. The van der Waals surface area contributed by atoms with Crippen LogP contribution in [-0.2, 0) is 131 Å². The first-order valence-electron chi connectivity index (χ1n) is 14.5. The van der Waals surface area contributed by atoms with E-state index in [9.17, 15) is 19.2 Å². The number of nitrogens with one attached hydrogen (secondary N) is 2. The third-order valence-electron chi connectivity index (χ3n) is 6.16. The number of carbonyl (C=O) groups is 1.